The Hall–Kier alpha value is -1.88. The van der Waals surface area contributed by atoms with E-state index in [4.69, 9.17) is 0 Å². The molecule has 0 radical (unpaired) electrons. The lowest BCUT2D eigenvalue weighted by atomic mass is 9.97. The van der Waals surface area contributed by atoms with E-state index >= 15 is 0 Å². The Kier molecular flexibility index (Phi) is 2.96. The van der Waals surface area contributed by atoms with E-state index in [1.165, 1.54) is 12.8 Å². The summed E-state index contributed by atoms with van der Waals surface area (Å²) in [6.45, 7) is 0. The van der Waals surface area contributed by atoms with Crippen LogP contribution in [0.4, 0.5) is 0 Å². The number of para-hydroxylation sites is 1. The molecule has 2 aromatic rings. The molecule has 2 fully saturated rings. The molecule has 1 amide bonds. The number of rotatable bonds is 2. The standard InChI is InChI=1S/C16H20N4O/c1-20(13-7-11-5-6-12(8-13)18-11)16(21)14-4-2-3-10-9-17-19-15(10)14/h2-4,9,11-13,18H,5-8H2,1H3,(H,17,19). The minimum Gasteiger partial charge on any atom is -0.339 e. The average molecular weight is 284 g/mol. The van der Waals surface area contributed by atoms with Crippen LogP contribution in [0.3, 0.4) is 0 Å². The zero-order valence-corrected chi connectivity index (χ0v) is 12.2. The number of aromatic nitrogens is 2. The van der Waals surface area contributed by atoms with Gasteiger partial charge in [-0.15, -0.1) is 0 Å². The van der Waals surface area contributed by atoms with Gasteiger partial charge in [0.15, 0.2) is 0 Å². The van der Waals surface area contributed by atoms with Gasteiger partial charge in [0.2, 0.25) is 0 Å². The number of nitrogens with zero attached hydrogens (tertiary/aromatic N) is 2. The van der Waals surface area contributed by atoms with Crippen molar-refractivity contribution in [1.29, 1.82) is 0 Å². The molecular weight excluding hydrogens is 264 g/mol. The van der Waals surface area contributed by atoms with Gasteiger partial charge in [0.05, 0.1) is 17.3 Å². The Morgan fingerprint density at radius 3 is 2.81 bits per heavy atom. The predicted octanol–water partition coefficient (Wildman–Crippen LogP) is 1.92. The van der Waals surface area contributed by atoms with Crippen molar-refractivity contribution >= 4 is 16.8 Å². The molecule has 2 aliphatic rings. The van der Waals surface area contributed by atoms with Gasteiger partial charge in [-0.1, -0.05) is 12.1 Å². The van der Waals surface area contributed by atoms with E-state index in [0.29, 0.717) is 18.1 Å². The van der Waals surface area contributed by atoms with Gasteiger partial charge < -0.3 is 10.2 Å². The van der Waals surface area contributed by atoms with Gasteiger partial charge >= 0.3 is 0 Å². The number of amides is 1. The number of piperidine rings is 1. The van der Waals surface area contributed by atoms with Crippen LogP contribution >= 0.6 is 0 Å². The van der Waals surface area contributed by atoms with Crippen LogP contribution in [0.25, 0.3) is 10.9 Å². The van der Waals surface area contributed by atoms with Gasteiger partial charge in [0.25, 0.3) is 5.91 Å². The maximum absolute atomic E-state index is 12.8. The molecule has 1 aromatic carbocycles. The van der Waals surface area contributed by atoms with Crippen LogP contribution < -0.4 is 5.32 Å². The molecule has 2 atom stereocenters. The molecule has 3 heterocycles. The van der Waals surface area contributed by atoms with Gasteiger partial charge in [-0.2, -0.15) is 5.10 Å². The van der Waals surface area contributed by atoms with Gasteiger partial charge in [-0.05, 0) is 31.7 Å². The van der Waals surface area contributed by atoms with Crippen LogP contribution in [0.1, 0.15) is 36.0 Å². The van der Waals surface area contributed by atoms with Crippen LogP contribution in [0, 0.1) is 0 Å². The highest BCUT2D eigenvalue weighted by atomic mass is 16.2. The largest absolute Gasteiger partial charge is 0.339 e. The van der Waals surface area contributed by atoms with Crippen LogP contribution in [0.5, 0.6) is 0 Å². The first-order valence-electron chi connectivity index (χ1n) is 7.67. The Morgan fingerprint density at radius 1 is 1.29 bits per heavy atom. The van der Waals surface area contributed by atoms with Crippen LogP contribution in [0.15, 0.2) is 24.4 Å². The molecule has 21 heavy (non-hydrogen) atoms. The lowest BCUT2D eigenvalue weighted by molar-refractivity contribution is 0.0683. The molecule has 2 unspecified atom stereocenters. The number of fused-ring (bicyclic) bond motifs is 3. The minimum atomic E-state index is 0.0937. The number of H-pyrrole nitrogens is 1. The molecular formula is C16H20N4O. The van der Waals surface area contributed by atoms with Crippen molar-refractivity contribution in [3.63, 3.8) is 0 Å². The highest BCUT2D eigenvalue weighted by molar-refractivity contribution is 6.05. The third kappa shape index (κ3) is 2.12. The summed E-state index contributed by atoms with van der Waals surface area (Å²) in [6, 6.07) is 7.30. The number of aromatic amines is 1. The number of carbonyl (C=O) groups excluding carboxylic acids is 1. The van der Waals surface area contributed by atoms with E-state index in [-0.39, 0.29) is 5.91 Å². The zero-order valence-electron chi connectivity index (χ0n) is 12.2. The Balaban J connectivity index is 1.60. The van der Waals surface area contributed by atoms with Gasteiger partial charge in [-0.25, -0.2) is 0 Å². The molecule has 0 saturated carbocycles. The van der Waals surface area contributed by atoms with E-state index in [1.807, 2.05) is 30.1 Å². The van der Waals surface area contributed by atoms with Crippen molar-refractivity contribution in [3.8, 4) is 0 Å². The first kappa shape index (κ1) is 12.8. The molecule has 2 aliphatic heterocycles. The molecule has 5 nitrogen and oxygen atoms in total. The highest BCUT2D eigenvalue weighted by Crippen LogP contribution is 2.30. The number of carbonyl (C=O) groups is 1. The Labute approximate surface area is 123 Å². The predicted molar refractivity (Wildman–Crippen MR) is 81.2 cm³/mol. The maximum Gasteiger partial charge on any atom is 0.256 e. The van der Waals surface area contributed by atoms with E-state index < -0.39 is 0 Å². The summed E-state index contributed by atoms with van der Waals surface area (Å²) < 4.78 is 0. The SMILES string of the molecule is CN(C(=O)c1cccc2cn[nH]c12)C1CC2CCC(C1)N2. The van der Waals surface area contributed by atoms with E-state index in [9.17, 15) is 4.79 Å². The molecule has 0 aliphatic carbocycles. The van der Waals surface area contributed by atoms with Gasteiger partial charge in [0, 0.05) is 30.6 Å². The van der Waals surface area contributed by atoms with Gasteiger partial charge in [-0.3, -0.25) is 9.89 Å². The molecule has 4 rings (SSSR count). The maximum atomic E-state index is 12.8. The summed E-state index contributed by atoms with van der Waals surface area (Å²) in [5, 5.41) is 11.6. The summed E-state index contributed by atoms with van der Waals surface area (Å²) in [5.74, 6) is 0.0937. The Morgan fingerprint density at radius 2 is 2.05 bits per heavy atom. The smallest absolute Gasteiger partial charge is 0.256 e. The highest BCUT2D eigenvalue weighted by Gasteiger charge is 2.36. The summed E-state index contributed by atoms with van der Waals surface area (Å²) >= 11 is 0. The van der Waals surface area contributed by atoms with Crippen LogP contribution in [-0.2, 0) is 0 Å². The minimum absolute atomic E-state index is 0.0937. The second-order valence-electron chi connectivity index (χ2n) is 6.32. The average Bonchev–Trinajstić information content (AvgIpc) is 3.11. The van der Waals surface area contributed by atoms with E-state index in [2.05, 4.69) is 15.5 Å². The fourth-order valence-corrected chi connectivity index (χ4v) is 3.85. The summed E-state index contributed by atoms with van der Waals surface area (Å²) in [4.78, 5) is 14.8. The van der Waals surface area contributed by atoms with E-state index in [1.54, 1.807) is 6.20 Å². The van der Waals surface area contributed by atoms with E-state index in [0.717, 1.165) is 29.3 Å². The third-order valence-corrected chi connectivity index (χ3v) is 5.02. The summed E-state index contributed by atoms with van der Waals surface area (Å²) in [7, 11) is 1.94. The molecule has 2 saturated heterocycles. The number of benzene rings is 1. The molecule has 0 spiro atoms. The lowest BCUT2D eigenvalue weighted by Gasteiger charge is -2.35. The fourth-order valence-electron chi connectivity index (χ4n) is 3.85. The van der Waals surface area contributed by atoms with Crippen molar-refractivity contribution in [3.05, 3.63) is 30.0 Å². The zero-order chi connectivity index (χ0) is 14.4. The summed E-state index contributed by atoms with van der Waals surface area (Å²) in [5.41, 5.74) is 1.56. The molecule has 5 heteroatoms. The second kappa shape index (κ2) is 4.84. The van der Waals surface area contributed by atoms with Crippen molar-refractivity contribution in [2.75, 3.05) is 7.05 Å². The first-order chi connectivity index (χ1) is 10.2. The number of hydrogen-bond acceptors (Lipinski definition) is 3. The Bertz CT molecular complexity index is 668. The topological polar surface area (TPSA) is 61.0 Å². The first-order valence-corrected chi connectivity index (χ1v) is 7.67. The molecule has 1 aromatic heterocycles. The quantitative estimate of drug-likeness (QED) is 0.885. The third-order valence-electron chi connectivity index (χ3n) is 5.02. The van der Waals surface area contributed by atoms with Crippen LogP contribution in [-0.4, -0.2) is 46.2 Å². The lowest BCUT2D eigenvalue weighted by Crippen LogP contribution is -2.48. The number of nitrogens with one attached hydrogen (secondary N) is 2. The molecule has 110 valence electrons. The van der Waals surface area contributed by atoms with Crippen molar-refractivity contribution < 1.29 is 4.79 Å². The summed E-state index contributed by atoms with van der Waals surface area (Å²) in [6.07, 6.45) is 6.39. The van der Waals surface area contributed by atoms with Crippen molar-refractivity contribution in [2.24, 2.45) is 0 Å². The van der Waals surface area contributed by atoms with Gasteiger partial charge in [0.1, 0.15) is 0 Å². The van der Waals surface area contributed by atoms with Crippen molar-refractivity contribution in [2.45, 2.75) is 43.8 Å². The molecule has 2 N–H and O–H groups in total. The second-order valence-corrected chi connectivity index (χ2v) is 6.32. The number of hydrogen-bond donors (Lipinski definition) is 2. The normalized spacial score (nSPS) is 28.0. The van der Waals surface area contributed by atoms with Crippen LogP contribution in [0.2, 0.25) is 0 Å². The van der Waals surface area contributed by atoms with Crippen molar-refractivity contribution in [1.82, 2.24) is 20.4 Å². The fraction of sp³-hybridized carbons (Fsp3) is 0.500. The monoisotopic (exact) mass is 284 g/mol. The molecule has 2 bridgehead atoms.